The normalized spacial score (nSPS) is 11.4. The number of aromatic amines is 1. The number of hydrogen-bond donors (Lipinski definition) is 1. The number of nitrogens with zero attached hydrogens (tertiary/aromatic N) is 2. The SMILES string of the molecule is COc1cncc(-c2cc(=S)nc(C(C)(C)C)[nH]2)c1. The molecule has 0 aliphatic rings. The number of nitrogens with one attached hydrogen (secondary N) is 1. The molecular formula is C14H17N3OS. The van der Waals surface area contributed by atoms with Crippen molar-refractivity contribution in [1.29, 1.82) is 0 Å². The van der Waals surface area contributed by atoms with Gasteiger partial charge in [-0.25, -0.2) is 4.98 Å². The molecule has 4 nitrogen and oxygen atoms in total. The molecule has 0 atom stereocenters. The molecular weight excluding hydrogens is 258 g/mol. The lowest BCUT2D eigenvalue weighted by atomic mass is 9.95. The molecule has 2 heterocycles. The minimum absolute atomic E-state index is 0.0874. The summed E-state index contributed by atoms with van der Waals surface area (Å²) in [6, 6.07) is 3.75. The maximum absolute atomic E-state index is 5.23. The van der Waals surface area contributed by atoms with Crippen LogP contribution in [0, 0.1) is 4.64 Å². The molecule has 0 aromatic carbocycles. The van der Waals surface area contributed by atoms with Crippen molar-refractivity contribution >= 4 is 12.2 Å². The van der Waals surface area contributed by atoms with E-state index in [1.807, 2.05) is 12.1 Å². The van der Waals surface area contributed by atoms with Crippen LogP contribution in [0.2, 0.25) is 0 Å². The van der Waals surface area contributed by atoms with Crippen molar-refractivity contribution < 1.29 is 4.74 Å². The van der Waals surface area contributed by atoms with Gasteiger partial charge < -0.3 is 9.72 Å². The van der Waals surface area contributed by atoms with Crippen LogP contribution in [-0.2, 0) is 5.41 Å². The summed E-state index contributed by atoms with van der Waals surface area (Å²) in [5.41, 5.74) is 1.74. The number of aromatic nitrogens is 3. The third-order valence-corrected chi connectivity index (χ3v) is 2.92. The largest absolute Gasteiger partial charge is 0.495 e. The first-order valence-corrected chi connectivity index (χ1v) is 6.42. The highest BCUT2D eigenvalue weighted by Crippen LogP contribution is 2.24. The first kappa shape index (κ1) is 13.7. The Morgan fingerprint density at radius 2 is 1.95 bits per heavy atom. The topological polar surface area (TPSA) is 50.8 Å². The lowest BCUT2D eigenvalue weighted by Crippen LogP contribution is -2.16. The predicted octanol–water partition coefficient (Wildman–Crippen LogP) is 3.51. The van der Waals surface area contributed by atoms with E-state index in [2.05, 4.69) is 35.7 Å². The highest BCUT2D eigenvalue weighted by molar-refractivity contribution is 7.71. The van der Waals surface area contributed by atoms with Crippen LogP contribution < -0.4 is 4.74 Å². The summed E-state index contributed by atoms with van der Waals surface area (Å²) in [6.07, 6.45) is 3.44. The van der Waals surface area contributed by atoms with E-state index >= 15 is 0 Å². The molecule has 0 aliphatic carbocycles. The monoisotopic (exact) mass is 275 g/mol. The molecule has 1 N–H and O–H groups in total. The highest BCUT2D eigenvalue weighted by atomic mass is 32.1. The molecule has 2 rings (SSSR count). The Kier molecular flexibility index (Phi) is 3.66. The molecule has 0 unspecified atom stereocenters. The number of hydrogen-bond acceptors (Lipinski definition) is 4. The lowest BCUT2D eigenvalue weighted by Gasteiger charge is -2.18. The van der Waals surface area contributed by atoms with Gasteiger partial charge in [-0.15, -0.1) is 0 Å². The van der Waals surface area contributed by atoms with Crippen molar-refractivity contribution in [2.24, 2.45) is 0 Å². The number of methoxy groups -OCH3 is 1. The second-order valence-electron chi connectivity index (χ2n) is 5.35. The van der Waals surface area contributed by atoms with Crippen LogP contribution in [-0.4, -0.2) is 22.1 Å². The molecule has 0 saturated heterocycles. The van der Waals surface area contributed by atoms with Gasteiger partial charge in [-0.2, -0.15) is 0 Å². The van der Waals surface area contributed by atoms with Crippen LogP contribution in [0.15, 0.2) is 24.5 Å². The standard InChI is InChI=1S/C14H17N3OS/c1-14(2,3)13-16-11(6-12(19)17-13)9-5-10(18-4)8-15-7-9/h5-8H,1-4H3,(H,16,17,19). The van der Waals surface area contributed by atoms with Gasteiger partial charge in [0.1, 0.15) is 16.2 Å². The van der Waals surface area contributed by atoms with Gasteiger partial charge in [-0.3, -0.25) is 4.98 Å². The third kappa shape index (κ3) is 3.17. The van der Waals surface area contributed by atoms with Crippen molar-refractivity contribution in [1.82, 2.24) is 15.0 Å². The van der Waals surface area contributed by atoms with Crippen LogP contribution >= 0.6 is 12.2 Å². The van der Waals surface area contributed by atoms with Gasteiger partial charge in [0, 0.05) is 17.2 Å². The lowest BCUT2D eigenvalue weighted by molar-refractivity contribution is 0.413. The van der Waals surface area contributed by atoms with Crippen molar-refractivity contribution in [2.75, 3.05) is 7.11 Å². The van der Waals surface area contributed by atoms with Gasteiger partial charge in [-0.1, -0.05) is 33.0 Å². The fourth-order valence-electron chi connectivity index (χ4n) is 1.65. The van der Waals surface area contributed by atoms with E-state index in [9.17, 15) is 0 Å². The van der Waals surface area contributed by atoms with E-state index in [1.54, 1.807) is 19.5 Å². The van der Waals surface area contributed by atoms with Gasteiger partial charge in [0.25, 0.3) is 0 Å². The van der Waals surface area contributed by atoms with Crippen LogP contribution in [0.25, 0.3) is 11.3 Å². The Morgan fingerprint density at radius 3 is 2.58 bits per heavy atom. The smallest absolute Gasteiger partial charge is 0.137 e. The van der Waals surface area contributed by atoms with Crippen LogP contribution in [0.3, 0.4) is 0 Å². The first-order chi connectivity index (χ1) is 8.90. The molecule has 0 saturated carbocycles. The van der Waals surface area contributed by atoms with E-state index in [-0.39, 0.29) is 5.41 Å². The van der Waals surface area contributed by atoms with Crippen molar-refractivity contribution in [3.05, 3.63) is 35.0 Å². The molecule has 0 fully saturated rings. The third-order valence-electron chi connectivity index (χ3n) is 2.71. The molecule has 100 valence electrons. The zero-order valence-electron chi connectivity index (χ0n) is 11.5. The van der Waals surface area contributed by atoms with Gasteiger partial charge in [-0.05, 0) is 12.1 Å². The molecule has 0 spiro atoms. The minimum atomic E-state index is -0.0874. The fourth-order valence-corrected chi connectivity index (χ4v) is 1.86. The van der Waals surface area contributed by atoms with E-state index in [1.165, 1.54) is 0 Å². The Balaban J connectivity index is 2.56. The van der Waals surface area contributed by atoms with Gasteiger partial charge in [0.15, 0.2) is 0 Å². The summed E-state index contributed by atoms with van der Waals surface area (Å²) in [7, 11) is 1.62. The maximum atomic E-state index is 5.23. The zero-order valence-corrected chi connectivity index (χ0v) is 12.3. The van der Waals surface area contributed by atoms with Crippen molar-refractivity contribution in [2.45, 2.75) is 26.2 Å². The second kappa shape index (κ2) is 5.09. The predicted molar refractivity (Wildman–Crippen MR) is 77.9 cm³/mol. The summed E-state index contributed by atoms with van der Waals surface area (Å²) in [6.45, 7) is 6.27. The van der Waals surface area contributed by atoms with Crippen molar-refractivity contribution in [3.63, 3.8) is 0 Å². The average molecular weight is 275 g/mol. The molecule has 2 aromatic rings. The minimum Gasteiger partial charge on any atom is -0.495 e. The Bertz CT molecular complexity index is 644. The Hall–Kier alpha value is -1.75. The molecule has 0 bridgehead atoms. The number of pyridine rings is 1. The summed E-state index contributed by atoms with van der Waals surface area (Å²) in [5, 5.41) is 0. The van der Waals surface area contributed by atoms with E-state index in [4.69, 9.17) is 17.0 Å². The average Bonchev–Trinajstić information content (AvgIpc) is 2.37. The van der Waals surface area contributed by atoms with Gasteiger partial charge >= 0.3 is 0 Å². The molecule has 19 heavy (non-hydrogen) atoms. The molecule has 0 aliphatic heterocycles. The van der Waals surface area contributed by atoms with Crippen molar-refractivity contribution in [3.8, 4) is 17.0 Å². The second-order valence-corrected chi connectivity index (χ2v) is 5.76. The van der Waals surface area contributed by atoms with Crippen LogP contribution in [0.4, 0.5) is 0 Å². The molecule has 2 aromatic heterocycles. The van der Waals surface area contributed by atoms with E-state index in [0.717, 1.165) is 17.1 Å². The molecule has 0 radical (unpaired) electrons. The molecule has 5 heteroatoms. The summed E-state index contributed by atoms with van der Waals surface area (Å²) < 4.78 is 5.76. The summed E-state index contributed by atoms with van der Waals surface area (Å²) >= 11 is 5.23. The number of ether oxygens (including phenoxy) is 1. The number of H-pyrrole nitrogens is 1. The van der Waals surface area contributed by atoms with Gasteiger partial charge in [0.2, 0.25) is 0 Å². The zero-order chi connectivity index (χ0) is 14.0. The summed E-state index contributed by atoms with van der Waals surface area (Å²) in [4.78, 5) is 11.9. The molecule has 0 amide bonds. The Morgan fingerprint density at radius 1 is 1.21 bits per heavy atom. The van der Waals surface area contributed by atoms with E-state index in [0.29, 0.717) is 10.4 Å². The fraction of sp³-hybridized carbons (Fsp3) is 0.357. The highest BCUT2D eigenvalue weighted by Gasteiger charge is 2.17. The van der Waals surface area contributed by atoms with Crippen LogP contribution in [0.5, 0.6) is 5.75 Å². The maximum Gasteiger partial charge on any atom is 0.137 e. The van der Waals surface area contributed by atoms with Gasteiger partial charge in [0.05, 0.1) is 19.0 Å². The van der Waals surface area contributed by atoms with Crippen LogP contribution in [0.1, 0.15) is 26.6 Å². The summed E-state index contributed by atoms with van der Waals surface area (Å²) in [5.74, 6) is 1.57. The number of rotatable bonds is 2. The quantitative estimate of drug-likeness (QED) is 0.852. The first-order valence-electron chi connectivity index (χ1n) is 6.01. The van der Waals surface area contributed by atoms with E-state index < -0.39 is 0 Å². The Labute approximate surface area is 117 Å².